The first-order chi connectivity index (χ1) is 16.1. The molecule has 0 saturated carbocycles. The number of aromatic nitrogens is 4. The van der Waals surface area contributed by atoms with E-state index in [0.717, 1.165) is 29.3 Å². The van der Waals surface area contributed by atoms with Gasteiger partial charge in [0.2, 0.25) is 0 Å². The number of alkyl halides is 3. The van der Waals surface area contributed by atoms with Gasteiger partial charge in [-0.1, -0.05) is 32.9 Å². The lowest BCUT2D eigenvalue weighted by Crippen LogP contribution is -2.10. The Bertz CT molecular complexity index is 1130. The van der Waals surface area contributed by atoms with Crippen LogP contribution >= 0.6 is 0 Å². The Morgan fingerprint density at radius 2 is 1.88 bits per heavy atom. The van der Waals surface area contributed by atoms with Crippen molar-refractivity contribution in [3.63, 3.8) is 0 Å². The van der Waals surface area contributed by atoms with Crippen LogP contribution in [0, 0.1) is 0 Å². The van der Waals surface area contributed by atoms with Crippen molar-refractivity contribution in [3.05, 3.63) is 59.0 Å². The van der Waals surface area contributed by atoms with Crippen molar-refractivity contribution in [3.8, 4) is 17.3 Å². The molecule has 10 heteroatoms. The Labute approximate surface area is 195 Å². The first kappa shape index (κ1) is 25.2. The number of hydrogen-bond donors (Lipinski definition) is 0. The van der Waals surface area contributed by atoms with Gasteiger partial charge in [0, 0.05) is 13.1 Å². The number of rotatable bonds is 9. The van der Waals surface area contributed by atoms with Crippen LogP contribution in [0.4, 0.5) is 13.2 Å². The molecule has 182 valence electrons. The molecule has 0 unspecified atom stereocenters. The summed E-state index contributed by atoms with van der Waals surface area (Å²) in [7, 11) is 0. The second-order valence-corrected chi connectivity index (χ2v) is 8.06. The lowest BCUT2D eigenvalue weighted by molar-refractivity contribution is -0.141. The van der Waals surface area contributed by atoms with Gasteiger partial charge in [-0.3, -0.25) is 4.79 Å². The Hall–Kier alpha value is -3.43. The molecule has 0 spiro atoms. The second kappa shape index (κ2) is 10.7. The summed E-state index contributed by atoms with van der Waals surface area (Å²) in [6, 6.07) is 7.57. The molecule has 0 radical (unpaired) electrons. The molecule has 0 aliphatic carbocycles. The summed E-state index contributed by atoms with van der Waals surface area (Å²) < 4.78 is 51.0. The van der Waals surface area contributed by atoms with Crippen molar-refractivity contribution in [1.82, 2.24) is 20.0 Å². The third-order valence-corrected chi connectivity index (χ3v) is 5.08. The van der Waals surface area contributed by atoms with Crippen molar-refractivity contribution in [2.24, 2.45) is 0 Å². The third-order valence-electron chi connectivity index (χ3n) is 5.08. The van der Waals surface area contributed by atoms with Crippen molar-refractivity contribution in [1.29, 1.82) is 0 Å². The predicted molar refractivity (Wildman–Crippen MR) is 119 cm³/mol. The highest BCUT2D eigenvalue weighted by atomic mass is 19.4. The van der Waals surface area contributed by atoms with Gasteiger partial charge in [-0.2, -0.15) is 18.3 Å². The zero-order chi connectivity index (χ0) is 24.9. The van der Waals surface area contributed by atoms with E-state index >= 15 is 0 Å². The molecule has 2 aromatic heterocycles. The smallest absolute Gasteiger partial charge is 0.435 e. The van der Waals surface area contributed by atoms with Gasteiger partial charge in [0.15, 0.2) is 23.0 Å². The minimum atomic E-state index is -4.55. The molecule has 34 heavy (non-hydrogen) atoms. The molecule has 1 aromatic carbocycles. The lowest BCUT2D eigenvalue weighted by Gasteiger charge is -2.14. The van der Waals surface area contributed by atoms with Crippen molar-refractivity contribution in [2.45, 2.75) is 59.1 Å². The molecule has 0 amide bonds. The average Bonchev–Trinajstić information content (AvgIpc) is 3.21. The van der Waals surface area contributed by atoms with E-state index in [1.807, 2.05) is 32.9 Å². The molecule has 3 aromatic rings. The molecule has 2 heterocycles. The molecule has 0 aliphatic heterocycles. The number of halogens is 3. The van der Waals surface area contributed by atoms with Gasteiger partial charge in [0.25, 0.3) is 0 Å². The van der Waals surface area contributed by atoms with E-state index in [9.17, 15) is 18.0 Å². The molecule has 0 bridgehead atoms. The van der Waals surface area contributed by atoms with Crippen LogP contribution in [0.15, 0.2) is 36.5 Å². The fourth-order valence-electron chi connectivity index (χ4n) is 3.49. The molecular weight excluding hydrogens is 449 g/mol. The van der Waals surface area contributed by atoms with Crippen LogP contribution in [0.3, 0.4) is 0 Å². The highest BCUT2D eigenvalue weighted by Crippen LogP contribution is 2.32. The Morgan fingerprint density at radius 3 is 2.47 bits per heavy atom. The number of hydrogen-bond acceptors (Lipinski definition) is 6. The molecule has 0 N–H and O–H groups in total. The number of esters is 1. The molecule has 0 aliphatic rings. The number of para-hydroxylation sites is 1. The summed E-state index contributed by atoms with van der Waals surface area (Å²) >= 11 is 0. The Kier molecular flexibility index (Phi) is 7.90. The standard InChI is InChI=1S/C24H27F3N4O3/c1-5-17-8-6-10-19(34-16(4)32)23(17)33-13-7-9-18-14-31(30-22(18)15(2)3)21-12-11-20(28-29-21)24(25,26)27/h6,8,10-12,14-15H,5,7,9,13H2,1-4H3. The fourth-order valence-corrected chi connectivity index (χ4v) is 3.49. The van der Waals surface area contributed by atoms with E-state index in [1.165, 1.54) is 17.7 Å². The van der Waals surface area contributed by atoms with Gasteiger partial charge in [-0.05, 0) is 54.5 Å². The zero-order valence-corrected chi connectivity index (χ0v) is 19.5. The fraction of sp³-hybridized carbons (Fsp3) is 0.417. The van der Waals surface area contributed by atoms with Gasteiger partial charge in [-0.25, -0.2) is 4.68 Å². The van der Waals surface area contributed by atoms with E-state index in [4.69, 9.17) is 9.47 Å². The van der Waals surface area contributed by atoms with Gasteiger partial charge in [0.1, 0.15) is 0 Å². The van der Waals surface area contributed by atoms with Crippen molar-refractivity contribution < 1.29 is 27.4 Å². The number of benzene rings is 1. The van der Waals surface area contributed by atoms with Crippen molar-refractivity contribution in [2.75, 3.05) is 6.61 Å². The summed E-state index contributed by atoms with van der Waals surface area (Å²) in [5.41, 5.74) is 1.67. The number of nitrogens with zero attached hydrogens (tertiary/aromatic N) is 4. The molecule has 0 atom stereocenters. The van der Waals surface area contributed by atoms with Crippen LogP contribution in [0.1, 0.15) is 62.5 Å². The monoisotopic (exact) mass is 476 g/mol. The minimum Gasteiger partial charge on any atom is -0.489 e. The van der Waals surface area contributed by atoms with Crippen molar-refractivity contribution >= 4 is 5.97 Å². The number of carbonyl (C=O) groups excluding carboxylic acids is 1. The highest BCUT2D eigenvalue weighted by molar-refractivity contribution is 5.70. The van der Waals surface area contributed by atoms with Gasteiger partial charge < -0.3 is 9.47 Å². The summed E-state index contributed by atoms with van der Waals surface area (Å²) in [6.07, 6.45) is -0.768. The van der Waals surface area contributed by atoms with E-state index in [1.54, 1.807) is 12.3 Å². The largest absolute Gasteiger partial charge is 0.489 e. The SMILES string of the molecule is CCc1cccc(OC(C)=O)c1OCCCc1cn(-c2ccc(C(F)(F)F)nn2)nc1C(C)C. The zero-order valence-electron chi connectivity index (χ0n) is 19.5. The van der Waals surface area contributed by atoms with Gasteiger partial charge in [0.05, 0.1) is 12.3 Å². The summed E-state index contributed by atoms with van der Waals surface area (Å²) in [6.45, 7) is 7.71. The number of carbonyl (C=O) groups is 1. The number of aryl methyl sites for hydroxylation is 2. The van der Waals surface area contributed by atoms with Crippen LogP contribution in [0.25, 0.3) is 5.82 Å². The van der Waals surface area contributed by atoms with Crippen LogP contribution in [0.2, 0.25) is 0 Å². The molecule has 0 saturated heterocycles. The lowest BCUT2D eigenvalue weighted by atomic mass is 10.0. The summed E-state index contributed by atoms with van der Waals surface area (Å²) in [5.74, 6) is 0.846. The van der Waals surface area contributed by atoms with Gasteiger partial charge in [-0.15, -0.1) is 10.2 Å². The van der Waals surface area contributed by atoms with E-state index < -0.39 is 17.8 Å². The quantitative estimate of drug-likeness (QED) is 0.237. The first-order valence-corrected chi connectivity index (χ1v) is 11.0. The molecular formula is C24H27F3N4O3. The summed E-state index contributed by atoms with van der Waals surface area (Å²) in [5, 5.41) is 11.5. The van der Waals surface area contributed by atoms with Crippen LogP contribution < -0.4 is 9.47 Å². The van der Waals surface area contributed by atoms with Crippen LogP contribution in [-0.2, 0) is 23.8 Å². The van der Waals surface area contributed by atoms with Crippen LogP contribution in [-0.4, -0.2) is 32.6 Å². The topological polar surface area (TPSA) is 79.1 Å². The normalized spacial score (nSPS) is 11.6. The average molecular weight is 476 g/mol. The Morgan fingerprint density at radius 1 is 1.12 bits per heavy atom. The Balaban J connectivity index is 1.71. The maximum absolute atomic E-state index is 12.8. The maximum atomic E-state index is 12.8. The first-order valence-electron chi connectivity index (χ1n) is 11.0. The minimum absolute atomic E-state index is 0.107. The van der Waals surface area contributed by atoms with Gasteiger partial charge >= 0.3 is 12.1 Å². The van der Waals surface area contributed by atoms with Crippen LogP contribution in [0.5, 0.6) is 11.5 Å². The second-order valence-electron chi connectivity index (χ2n) is 8.06. The molecule has 7 nitrogen and oxygen atoms in total. The highest BCUT2D eigenvalue weighted by Gasteiger charge is 2.33. The predicted octanol–water partition coefficient (Wildman–Crippen LogP) is 5.30. The summed E-state index contributed by atoms with van der Waals surface area (Å²) in [4.78, 5) is 11.4. The van der Waals surface area contributed by atoms with E-state index in [2.05, 4.69) is 15.3 Å². The molecule has 3 rings (SSSR count). The number of ether oxygens (including phenoxy) is 2. The third kappa shape index (κ3) is 6.12. The molecule has 0 fully saturated rings. The maximum Gasteiger partial charge on any atom is 0.435 e. The van der Waals surface area contributed by atoms with E-state index in [0.29, 0.717) is 30.9 Å². The van der Waals surface area contributed by atoms with E-state index in [-0.39, 0.29) is 11.7 Å².